The Labute approximate surface area is 125 Å². The second-order valence-corrected chi connectivity index (χ2v) is 5.11. The van der Waals surface area contributed by atoms with Gasteiger partial charge in [0, 0.05) is 30.7 Å². The maximum absolute atomic E-state index is 11.6. The first-order valence-corrected chi connectivity index (χ1v) is 7.15. The molecule has 0 amide bonds. The van der Waals surface area contributed by atoms with Crippen LogP contribution in [0.25, 0.3) is 0 Å². The lowest BCUT2D eigenvalue weighted by Gasteiger charge is -2.08. The van der Waals surface area contributed by atoms with Crippen molar-refractivity contribution in [2.75, 3.05) is 11.9 Å². The zero-order chi connectivity index (χ0) is 15.4. The fourth-order valence-corrected chi connectivity index (χ4v) is 2.25. The molecule has 0 unspecified atom stereocenters. The van der Waals surface area contributed by atoms with Crippen molar-refractivity contribution in [2.45, 2.75) is 27.3 Å². The molecule has 112 valence electrons. The highest BCUT2D eigenvalue weighted by Gasteiger charge is 2.07. The Hall–Kier alpha value is -2.23. The van der Waals surface area contributed by atoms with E-state index in [-0.39, 0.29) is 5.97 Å². The number of aromatic nitrogens is 1. The summed E-state index contributed by atoms with van der Waals surface area (Å²) in [5.41, 5.74) is 5.37. The minimum atomic E-state index is -0.279. The molecule has 1 aromatic heterocycles. The van der Waals surface area contributed by atoms with Crippen LogP contribution in [0.2, 0.25) is 0 Å². The minimum absolute atomic E-state index is 0.279. The van der Waals surface area contributed by atoms with Gasteiger partial charge in [-0.05, 0) is 56.7 Å². The number of ether oxygens (including phenoxy) is 1. The van der Waals surface area contributed by atoms with Crippen molar-refractivity contribution < 1.29 is 9.53 Å². The van der Waals surface area contributed by atoms with Gasteiger partial charge in [-0.25, -0.2) is 4.79 Å². The number of carbonyl (C=O) groups is 1. The second-order valence-electron chi connectivity index (χ2n) is 5.11. The van der Waals surface area contributed by atoms with E-state index in [0.29, 0.717) is 12.2 Å². The molecule has 2 aromatic rings. The van der Waals surface area contributed by atoms with Crippen molar-refractivity contribution in [2.24, 2.45) is 7.05 Å². The summed E-state index contributed by atoms with van der Waals surface area (Å²) < 4.78 is 7.15. The van der Waals surface area contributed by atoms with Gasteiger partial charge < -0.3 is 14.6 Å². The highest BCUT2D eigenvalue weighted by Crippen LogP contribution is 2.16. The molecule has 0 spiro atoms. The van der Waals surface area contributed by atoms with Crippen LogP contribution in [-0.2, 0) is 18.3 Å². The highest BCUT2D eigenvalue weighted by atomic mass is 16.5. The van der Waals surface area contributed by atoms with Crippen LogP contribution in [0.3, 0.4) is 0 Å². The summed E-state index contributed by atoms with van der Waals surface area (Å²) in [6, 6.07) is 9.55. The first-order chi connectivity index (χ1) is 10.0. The third-order valence-electron chi connectivity index (χ3n) is 3.76. The molecule has 21 heavy (non-hydrogen) atoms. The SMILES string of the molecule is CCOC(=O)c1ccc(NCc2cc(C)n(C)c2C)cc1. The van der Waals surface area contributed by atoms with Crippen molar-refractivity contribution in [1.82, 2.24) is 4.57 Å². The Bertz CT molecular complexity index is 627. The van der Waals surface area contributed by atoms with Crippen LogP contribution < -0.4 is 5.32 Å². The van der Waals surface area contributed by atoms with Crippen LogP contribution in [0.1, 0.15) is 34.2 Å². The van der Waals surface area contributed by atoms with Crippen molar-refractivity contribution in [1.29, 1.82) is 0 Å². The molecular formula is C17H22N2O2. The number of benzene rings is 1. The Kier molecular flexibility index (Phi) is 4.68. The molecule has 0 radical (unpaired) electrons. The second kappa shape index (κ2) is 6.48. The van der Waals surface area contributed by atoms with E-state index in [2.05, 4.69) is 36.8 Å². The van der Waals surface area contributed by atoms with Gasteiger partial charge in [-0.1, -0.05) is 0 Å². The lowest BCUT2D eigenvalue weighted by Crippen LogP contribution is -2.05. The van der Waals surface area contributed by atoms with Crippen LogP contribution in [0.5, 0.6) is 0 Å². The summed E-state index contributed by atoms with van der Waals surface area (Å²) in [5, 5.41) is 3.38. The molecule has 0 atom stereocenters. The van der Waals surface area contributed by atoms with Crippen LogP contribution in [0.15, 0.2) is 30.3 Å². The van der Waals surface area contributed by atoms with Gasteiger partial charge in [-0.2, -0.15) is 0 Å². The van der Waals surface area contributed by atoms with Gasteiger partial charge in [-0.3, -0.25) is 0 Å². The Morgan fingerprint density at radius 1 is 1.24 bits per heavy atom. The smallest absolute Gasteiger partial charge is 0.338 e. The molecule has 0 bridgehead atoms. The lowest BCUT2D eigenvalue weighted by atomic mass is 10.2. The molecule has 0 aliphatic carbocycles. The maximum atomic E-state index is 11.6. The number of aryl methyl sites for hydroxylation is 1. The molecule has 0 saturated carbocycles. The van der Waals surface area contributed by atoms with E-state index in [0.717, 1.165) is 12.2 Å². The Morgan fingerprint density at radius 3 is 2.43 bits per heavy atom. The molecular weight excluding hydrogens is 264 g/mol. The van der Waals surface area contributed by atoms with Gasteiger partial charge in [0.05, 0.1) is 12.2 Å². The summed E-state index contributed by atoms with van der Waals surface area (Å²) in [5.74, 6) is -0.279. The largest absolute Gasteiger partial charge is 0.462 e. The van der Waals surface area contributed by atoms with Crippen LogP contribution in [0.4, 0.5) is 5.69 Å². The average Bonchev–Trinajstić information content (AvgIpc) is 2.73. The topological polar surface area (TPSA) is 43.3 Å². The summed E-state index contributed by atoms with van der Waals surface area (Å²) in [6.07, 6.45) is 0. The van der Waals surface area contributed by atoms with E-state index in [1.165, 1.54) is 17.0 Å². The number of nitrogens with one attached hydrogen (secondary N) is 1. The predicted molar refractivity (Wildman–Crippen MR) is 84.6 cm³/mol. The number of hydrogen-bond donors (Lipinski definition) is 1. The number of nitrogens with zero attached hydrogens (tertiary/aromatic N) is 1. The summed E-state index contributed by atoms with van der Waals surface area (Å²) in [7, 11) is 2.07. The quantitative estimate of drug-likeness (QED) is 0.856. The van der Waals surface area contributed by atoms with E-state index in [1.807, 2.05) is 12.1 Å². The van der Waals surface area contributed by atoms with E-state index >= 15 is 0 Å². The monoisotopic (exact) mass is 286 g/mol. The van der Waals surface area contributed by atoms with Gasteiger partial charge >= 0.3 is 5.97 Å². The van der Waals surface area contributed by atoms with Gasteiger partial charge in [0.2, 0.25) is 0 Å². The van der Waals surface area contributed by atoms with Gasteiger partial charge in [0.25, 0.3) is 0 Å². The van der Waals surface area contributed by atoms with Gasteiger partial charge in [-0.15, -0.1) is 0 Å². The number of carbonyl (C=O) groups excluding carboxylic acids is 1. The third kappa shape index (κ3) is 3.45. The van der Waals surface area contributed by atoms with E-state index in [9.17, 15) is 4.79 Å². The molecule has 1 heterocycles. The fraction of sp³-hybridized carbons (Fsp3) is 0.353. The predicted octanol–water partition coefficient (Wildman–Crippen LogP) is 3.43. The average molecular weight is 286 g/mol. The summed E-state index contributed by atoms with van der Waals surface area (Å²) in [4.78, 5) is 11.6. The van der Waals surface area contributed by atoms with E-state index in [4.69, 9.17) is 4.74 Å². The van der Waals surface area contributed by atoms with Crippen LogP contribution in [0, 0.1) is 13.8 Å². The standard InChI is InChI=1S/C17H22N2O2/c1-5-21-17(20)14-6-8-16(9-7-14)18-11-15-10-12(2)19(4)13(15)3/h6-10,18H,5,11H2,1-4H3. The normalized spacial score (nSPS) is 10.5. The zero-order valence-corrected chi connectivity index (χ0v) is 13.1. The first kappa shape index (κ1) is 15.2. The number of hydrogen-bond acceptors (Lipinski definition) is 3. The fourth-order valence-electron chi connectivity index (χ4n) is 2.25. The number of anilines is 1. The molecule has 1 N–H and O–H groups in total. The van der Waals surface area contributed by atoms with Crippen molar-refractivity contribution >= 4 is 11.7 Å². The molecule has 0 aliphatic rings. The van der Waals surface area contributed by atoms with E-state index in [1.54, 1.807) is 19.1 Å². The molecule has 1 aromatic carbocycles. The van der Waals surface area contributed by atoms with Gasteiger partial charge in [0.1, 0.15) is 0 Å². The molecule has 0 saturated heterocycles. The first-order valence-electron chi connectivity index (χ1n) is 7.15. The summed E-state index contributed by atoms with van der Waals surface area (Å²) >= 11 is 0. The number of rotatable bonds is 5. The van der Waals surface area contributed by atoms with Crippen LogP contribution >= 0.6 is 0 Å². The number of esters is 1. The third-order valence-corrected chi connectivity index (χ3v) is 3.76. The minimum Gasteiger partial charge on any atom is -0.462 e. The van der Waals surface area contributed by atoms with Crippen LogP contribution in [-0.4, -0.2) is 17.1 Å². The zero-order valence-electron chi connectivity index (χ0n) is 13.1. The summed E-state index contributed by atoms with van der Waals surface area (Å²) in [6.45, 7) is 7.19. The Morgan fingerprint density at radius 2 is 1.90 bits per heavy atom. The molecule has 2 rings (SSSR count). The van der Waals surface area contributed by atoms with E-state index < -0.39 is 0 Å². The molecule has 0 aliphatic heterocycles. The van der Waals surface area contributed by atoms with Gasteiger partial charge in [0.15, 0.2) is 0 Å². The lowest BCUT2D eigenvalue weighted by molar-refractivity contribution is 0.0526. The molecule has 4 nitrogen and oxygen atoms in total. The van der Waals surface area contributed by atoms with Crippen molar-refractivity contribution in [3.05, 3.63) is 52.8 Å². The Balaban J connectivity index is 2.00. The highest BCUT2D eigenvalue weighted by molar-refractivity contribution is 5.89. The molecule has 4 heteroatoms. The van der Waals surface area contributed by atoms with Crippen molar-refractivity contribution in [3.8, 4) is 0 Å². The van der Waals surface area contributed by atoms with Crippen molar-refractivity contribution in [3.63, 3.8) is 0 Å². The maximum Gasteiger partial charge on any atom is 0.338 e. The molecule has 0 fully saturated rings.